The summed E-state index contributed by atoms with van der Waals surface area (Å²) in [5.41, 5.74) is 2.21. The number of rotatable bonds is 3. The molecule has 1 heterocycles. The Hall–Kier alpha value is -2.35. The third-order valence-corrected chi connectivity index (χ3v) is 3.61. The Bertz CT molecular complexity index is 602. The van der Waals surface area contributed by atoms with E-state index in [4.69, 9.17) is 4.74 Å². The summed E-state index contributed by atoms with van der Waals surface area (Å²) in [6, 6.07) is 20.0. The number of benzene rings is 2. The molecule has 0 aliphatic carbocycles. The van der Waals surface area contributed by atoms with Crippen molar-refractivity contribution in [2.24, 2.45) is 5.92 Å². The molecule has 2 aromatic carbocycles. The fourth-order valence-corrected chi connectivity index (χ4v) is 2.59. The van der Waals surface area contributed by atoms with Gasteiger partial charge in [-0.05, 0) is 17.5 Å². The van der Waals surface area contributed by atoms with Gasteiger partial charge in [0.05, 0.1) is 12.2 Å². The minimum absolute atomic E-state index is 0.133. The zero-order chi connectivity index (χ0) is 13.8. The van der Waals surface area contributed by atoms with Gasteiger partial charge in [0.15, 0.2) is 5.78 Å². The second kappa shape index (κ2) is 5.74. The number of carbonyl (C=O) groups is 1. The lowest BCUT2D eigenvalue weighted by atomic mass is 9.85. The molecule has 0 spiro atoms. The molecule has 0 fully saturated rings. The molecule has 100 valence electrons. The van der Waals surface area contributed by atoms with Gasteiger partial charge >= 0.3 is 0 Å². The molecule has 1 aliphatic rings. The third-order valence-electron chi connectivity index (χ3n) is 3.61. The van der Waals surface area contributed by atoms with Crippen LogP contribution in [-0.4, -0.2) is 5.78 Å². The highest BCUT2D eigenvalue weighted by molar-refractivity contribution is 5.92. The van der Waals surface area contributed by atoms with Crippen LogP contribution in [0.4, 0.5) is 0 Å². The summed E-state index contributed by atoms with van der Waals surface area (Å²) in [7, 11) is 0. The summed E-state index contributed by atoms with van der Waals surface area (Å²) in [4.78, 5) is 12.2. The minimum atomic E-state index is -0.200. The molecule has 2 aromatic rings. The van der Waals surface area contributed by atoms with E-state index < -0.39 is 0 Å². The molecule has 2 atom stereocenters. The van der Waals surface area contributed by atoms with Crippen LogP contribution in [0.25, 0.3) is 0 Å². The molecule has 0 saturated carbocycles. The predicted octanol–water partition coefficient (Wildman–Crippen LogP) is 3.70. The second-order valence-corrected chi connectivity index (χ2v) is 4.97. The van der Waals surface area contributed by atoms with Crippen molar-refractivity contribution in [2.75, 3.05) is 0 Å². The molecule has 0 amide bonds. The number of hydrogen-bond donors (Lipinski definition) is 0. The maximum absolute atomic E-state index is 12.2. The van der Waals surface area contributed by atoms with Gasteiger partial charge in [-0.1, -0.05) is 60.7 Å². The molecule has 0 radical (unpaired) electrons. The van der Waals surface area contributed by atoms with Gasteiger partial charge in [-0.15, -0.1) is 0 Å². The summed E-state index contributed by atoms with van der Waals surface area (Å²) in [6.45, 7) is 0. The van der Waals surface area contributed by atoms with Gasteiger partial charge in [0.25, 0.3) is 0 Å². The number of allylic oxidation sites excluding steroid dienone is 1. The number of ether oxygens (including phenoxy) is 1. The van der Waals surface area contributed by atoms with Crippen LogP contribution in [0.1, 0.15) is 17.2 Å². The zero-order valence-corrected chi connectivity index (χ0v) is 11.1. The standard InChI is InChI=1S/C18H16O2/c19-17-11-12-20-18(15-9-5-2-6-10-15)16(17)13-14-7-3-1-4-8-14/h1-12,16,18H,13H2/t16?,18-/m0/s1. The fraction of sp³-hybridized carbons (Fsp3) is 0.167. The van der Waals surface area contributed by atoms with Crippen LogP contribution >= 0.6 is 0 Å². The van der Waals surface area contributed by atoms with Crippen molar-refractivity contribution < 1.29 is 9.53 Å². The second-order valence-electron chi connectivity index (χ2n) is 4.97. The molecule has 20 heavy (non-hydrogen) atoms. The molecule has 0 aromatic heterocycles. The van der Waals surface area contributed by atoms with E-state index in [1.54, 1.807) is 0 Å². The molecule has 2 heteroatoms. The monoisotopic (exact) mass is 264 g/mol. The molecule has 0 N–H and O–H groups in total. The first-order valence-electron chi connectivity index (χ1n) is 6.79. The highest BCUT2D eigenvalue weighted by Gasteiger charge is 2.31. The van der Waals surface area contributed by atoms with E-state index in [1.807, 2.05) is 60.7 Å². The van der Waals surface area contributed by atoms with Crippen LogP contribution in [0.3, 0.4) is 0 Å². The summed E-state index contributed by atoms with van der Waals surface area (Å²) in [5.74, 6) is -0.0289. The van der Waals surface area contributed by atoms with E-state index >= 15 is 0 Å². The smallest absolute Gasteiger partial charge is 0.166 e. The molecular weight excluding hydrogens is 248 g/mol. The van der Waals surface area contributed by atoms with Gasteiger partial charge in [-0.25, -0.2) is 0 Å². The molecule has 0 saturated heterocycles. The number of ketones is 1. The quantitative estimate of drug-likeness (QED) is 0.845. The zero-order valence-electron chi connectivity index (χ0n) is 11.1. The van der Waals surface area contributed by atoms with Gasteiger partial charge in [0.2, 0.25) is 0 Å². The normalized spacial score (nSPS) is 21.5. The third kappa shape index (κ3) is 2.64. The first kappa shape index (κ1) is 12.7. The summed E-state index contributed by atoms with van der Waals surface area (Å²) in [6.07, 6.45) is 3.55. The number of carbonyl (C=O) groups excluding carboxylic acids is 1. The van der Waals surface area contributed by atoms with Crippen molar-refractivity contribution in [3.63, 3.8) is 0 Å². The molecular formula is C18H16O2. The van der Waals surface area contributed by atoms with E-state index in [1.165, 1.54) is 12.3 Å². The highest BCUT2D eigenvalue weighted by Crippen LogP contribution is 2.32. The maximum atomic E-state index is 12.2. The van der Waals surface area contributed by atoms with Crippen LogP contribution in [0, 0.1) is 5.92 Å². The van der Waals surface area contributed by atoms with Crippen molar-refractivity contribution >= 4 is 5.78 Å². The van der Waals surface area contributed by atoms with Gasteiger partial charge in [-0.3, -0.25) is 4.79 Å². The Balaban J connectivity index is 1.88. The summed E-state index contributed by atoms with van der Waals surface area (Å²) < 4.78 is 5.72. The first-order chi connectivity index (χ1) is 9.84. The van der Waals surface area contributed by atoms with Crippen molar-refractivity contribution in [3.05, 3.63) is 84.1 Å². The lowest BCUT2D eigenvalue weighted by Crippen LogP contribution is -2.27. The van der Waals surface area contributed by atoms with E-state index in [-0.39, 0.29) is 17.8 Å². The molecule has 1 unspecified atom stereocenters. The lowest BCUT2D eigenvalue weighted by molar-refractivity contribution is -0.124. The Morgan fingerprint density at radius 3 is 2.25 bits per heavy atom. The van der Waals surface area contributed by atoms with Gasteiger partial charge in [0.1, 0.15) is 6.10 Å². The van der Waals surface area contributed by atoms with Crippen molar-refractivity contribution in [2.45, 2.75) is 12.5 Å². The van der Waals surface area contributed by atoms with Gasteiger partial charge < -0.3 is 4.74 Å². The Morgan fingerprint density at radius 2 is 1.55 bits per heavy atom. The van der Waals surface area contributed by atoms with Crippen molar-refractivity contribution in [1.82, 2.24) is 0 Å². The fourth-order valence-electron chi connectivity index (χ4n) is 2.59. The minimum Gasteiger partial charge on any atom is -0.492 e. The first-order valence-corrected chi connectivity index (χ1v) is 6.79. The van der Waals surface area contributed by atoms with Crippen LogP contribution in [0.15, 0.2) is 73.0 Å². The summed E-state index contributed by atoms with van der Waals surface area (Å²) in [5, 5.41) is 0. The number of hydrogen-bond acceptors (Lipinski definition) is 2. The largest absolute Gasteiger partial charge is 0.492 e. The van der Waals surface area contributed by atoms with Crippen molar-refractivity contribution in [1.29, 1.82) is 0 Å². The van der Waals surface area contributed by atoms with E-state index in [0.717, 1.165) is 11.1 Å². The van der Waals surface area contributed by atoms with E-state index in [2.05, 4.69) is 0 Å². The molecule has 0 bridgehead atoms. The van der Waals surface area contributed by atoms with Gasteiger partial charge in [-0.2, -0.15) is 0 Å². The predicted molar refractivity (Wildman–Crippen MR) is 78.1 cm³/mol. The Morgan fingerprint density at radius 1 is 0.900 bits per heavy atom. The topological polar surface area (TPSA) is 26.3 Å². The van der Waals surface area contributed by atoms with E-state index in [0.29, 0.717) is 6.42 Å². The molecule has 1 aliphatic heterocycles. The average Bonchev–Trinajstić information content (AvgIpc) is 2.51. The SMILES string of the molecule is O=C1C=CO[C@@H](c2ccccc2)C1Cc1ccccc1. The van der Waals surface area contributed by atoms with Crippen LogP contribution in [0.2, 0.25) is 0 Å². The average molecular weight is 264 g/mol. The van der Waals surface area contributed by atoms with Crippen LogP contribution in [0.5, 0.6) is 0 Å². The van der Waals surface area contributed by atoms with Crippen molar-refractivity contribution in [3.8, 4) is 0 Å². The molecule has 2 nitrogen and oxygen atoms in total. The van der Waals surface area contributed by atoms with Crippen LogP contribution in [-0.2, 0) is 16.0 Å². The van der Waals surface area contributed by atoms with Gasteiger partial charge in [0, 0.05) is 6.08 Å². The van der Waals surface area contributed by atoms with E-state index in [9.17, 15) is 4.79 Å². The summed E-state index contributed by atoms with van der Waals surface area (Å²) >= 11 is 0. The maximum Gasteiger partial charge on any atom is 0.166 e. The molecule has 3 rings (SSSR count). The Kier molecular flexibility index (Phi) is 3.64. The lowest BCUT2D eigenvalue weighted by Gasteiger charge is -2.28. The highest BCUT2D eigenvalue weighted by atomic mass is 16.5. The van der Waals surface area contributed by atoms with Crippen LogP contribution < -0.4 is 0 Å². The Labute approximate surface area is 118 Å².